The van der Waals surface area contributed by atoms with Gasteiger partial charge in [0.1, 0.15) is 28.5 Å². The lowest BCUT2D eigenvalue weighted by Gasteiger charge is -2.13. The number of hydrogen-bond acceptors (Lipinski definition) is 9. The van der Waals surface area contributed by atoms with E-state index in [4.69, 9.17) is 14.2 Å². The number of carbonyl (C=O) groups is 1. The zero-order valence-electron chi connectivity index (χ0n) is 19.9. The van der Waals surface area contributed by atoms with Crippen LogP contribution in [0.25, 0.3) is 10.9 Å². The van der Waals surface area contributed by atoms with Gasteiger partial charge in [-0.2, -0.15) is 0 Å². The second-order valence-electron chi connectivity index (χ2n) is 7.66. The van der Waals surface area contributed by atoms with Gasteiger partial charge in [0.05, 0.1) is 36.8 Å². The van der Waals surface area contributed by atoms with Crippen molar-refractivity contribution in [2.24, 2.45) is 0 Å². The van der Waals surface area contributed by atoms with Crippen molar-refractivity contribution in [3.8, 4) is 17.2 Å². The normalized spacial score (nSPS) is 11.1. The second kappa shape index (κ2) is 10.1. The molecular weight excluding hydrogens is 504 g/mol. The van der Waals surface area contributed by atoms with Gasteiger partial charge in [0, 0.05) is 23.2 Å². The van der Waals surface area contributed by atoms with Crippen molar-refractivity contribution in [3.05, 3.63) is 76.5 Å². The van der Waals surface area contributed by atoms with Crippen molar-refractivity contribution in [3.63, 3.8) is 0 Å². The summed E-state index contributed by atoms with van der Waals surface area (Å²) in [6.07, 6.45) is 0. The predicted molar refractivity (Wildman–Crippen MR) is 135 cm³/mol. The van der Waals surface area contributed by atoms with Gasteiger partial charge in [-0.3, -0.25) is 14.9 Å². The molecule has 1 aromatic heterocycles. The van der Waals surface area contributed by atoms with Crippen LogP contribution < -0.4 is 24.2 Å². The summed E-state index contributed by atoms with van der Waals surface area (Å²) in [7, 11) is 0.211. The summed E-state index contributed by atoms with van der Waals surface area (Å²) >= 11 is 0. The van der Waals surface area contributed by atoms with Gasteiger partial charge in [-0.25, -0.2) is 13.1 Å². The fourth-order valence-corrected chi connectivity index (χ4v) is 4.59. The maximum Gasteiger partial charge on any atom is 0.293 e. The molecule has 1 amide bonds. The Labute approximate surface area is 211 Å². The molecule has 0 aliphatic heterocycles. The minimum Gasteiger partial charge on any atom is -0.497 e. The van der Waals surface area contributed by atoms with Crippen molar-refractivity contribution >= 4 is 43.9 Å². The van der Waals surface area contributed by atoms with E-state index in [2.05, 4.69) is 10.3 Å². The van der Waals surface area contributed by atoms with E-state index in [1.807, 2.05) is 4.72 Å². The quantitative estimate of drug-likeness (QED) is 0.216. The van der Waals surface area contributed by atoms with Crippen LogP contribution in [0.3, 0.4) is 0 Å². The molecule has 0 fully saturated rings. The molecule has 37 heavy (non-hydrogen) atoms. The standard InChI is InChI=1S/C24H22N4O8S/c1-34-14-4-7-16(8-5-14)37(32,33)27-24(29)20-13-17-18(10-11-21(28(30)31)23(17)26-20)25-19-9-6-15(35-2)12-22(19)36-3/h4-13,25-26H,1-3H3,(H,27,29). The molecule has 12 nitrogen and oxygen atoms in total. The van der Waals surface area contributed by atoms with E-state index in [1.165, 1.54) is 63.8 Å². The summed E-state index contributed by atoms with van der Waals surface area (Å²) < 4.78 is 43.0. The number of rotatable bonds is 9. The molecule has 0 saturated carbocycles. The molecule has 3 aromatic carbocycles. The van der Waals surface area contributed by atoms with Crippen molar-refractivity contribution < 1.29 is 32.3 Å². The highest BCUT2D eigenvalue weighted by Gasteiger charge is 2.24. The third-order valence-electron chi connectivity index (χ3n) is 5.49. The number of nitro benzene ring substituents is 1. The fourth-order valence-electron chi connectivity index (χ4n) is 3.63. The maximum atomic E-state index is 12.9. The predicted octanol–water partition coefficient (Wildman–Crippen LogP) is 3.96. The first-order chi connectivity index (χ1) is 17.7. The van der Waals surface area contributed by atoms with Crippen LogP contribution in [-0.4, -0.2) is 45.6 Å². The number of nitro groups is 1. The summed E-state index contributed by atoms with van der Waals surface area (Å²) in [5.41, 5.74) is 0.505. The molecule has 4 aromatic rings. The van der Waals surface area contributed by atoms with E-state index in [0.29, 0.717) is 34.0 Å². The Hall–Kier alpha value is -4.78. The Kier molecular flexibility index (Phi) is 6.89. The molecule has 3 N–H and O–H groups in total. The van der Waals surface area contributed by atoms with Crippen LogP contribution >= 0.6 is 0 Å². The van der Waals surface area contributed by atoms with Gasteiger partial charge in [-0.15, -0.1) is 0 Å². The van der Waals surface area contributed by atoms with Gasteiger partial charge in [0.2, 0.25) is 0 Å². The number of sulfonamides is 1. The Morgan fingerprint density at radius 1 is 0.892 bits per heavy atom. The number of fused-ring (bicyclic) bond motifs is 1. The summed E-state index contributed by atoms with van der Waals surface area (Å²) in [6, 6.07) is 14.6. The summed E-state index contributed by atoms with van der Waals surface area (Å²) in [5.74, 6) is 0.468. The minimum atomic E-state index is -4.22. The molecular formula is C24H22N4O8S. The molecule has 192 valence electrons. The zero-order chi connectivity index (χ0) is 26.7. The smallest absolute Gasteiger partial charge is 0.293 e. The molecule has 0 atom stereocenters. The molecule has 0 radical (unpaired) electrons. The number of aromatic nitrogens is 1. The van der Waals surface area contributed by atoms with Crippen molar-refractivity contribution in [1.82, 2.24) is 9.71 Å². The van der Waals surface area contributed by atoms with Gasteiger partial charge in [0.25, 0.3) is 21.6 Å². The van der Waals surface area contributed by atoms with E-state index in [-0.39, 0.29) is 21.8 Å². The number of nitrogens with one attached hydrogen (secondary N) is 3. The highest BCUT2D eigenvalue weighted by atomic mass is 32.2. The van der Waals surface area contributed by atoms with Gasteiger partial charge in [-0.05, 0) is 48.5 Å². The fraction of sp³-hybridized carbons (Fsp3) is 0.125. The molecule has 0 aliphatic rings. The number of methoxy groups -OCH3 is 3. The SMILES string of the molecule is COc1ccc(S(=O)(=O)NC(=O)c2cc3c(Nc4ccc(OC)cc4OC)ccc([N+](=O)[O-])c3[nH]2)cc1. The monoisotopic (exact) mass is 526 g/mol. The average Bonchev–Trinajstić information content (AvgIpc) is 3.35. The Balaban J connectivity index is 1.71. The Morgan fingerprint density at radius 2 is 1.54 bits per heavy atom. The van der Waals surface area contributed by atoms with E-state index < -0.39 is 20.9 Å². The van der Waals surface area contributed by atoms with Gasteiger partial charge in [0.15, 0.2) is 0 Å². The number of amides is 1. The van der Waals surface area contributed by atoms with E-state index in [0.717, 1.165) is 0 Å². The lowest BCUT2D eigenvalue weighted by Crippen LogP contribution is -2.30. The van der Waals surface area contributed by atoms with Crippen LogP contribution in [-0.2, 0) is 10.0 Å². The third-order valence-corrected chi connectivity index (χ3v) is 6.83. The van der Waals surface area contributed by atoms with Gasteiger partial charge in [-0.1, -0.05) is 0 Å². The molecule has 0 unspecified atom stereocenters. The largest absolute Gasteiger partial charge is 0.497 e. The number of benzene rings is 3. The van der Waals surface area contributed by atoms with Crippen molar-refractivity contribution in [2.45, 2.75) is 4.90 Å². The van der Waals surface area contributed by atoms with Crippen LogP contribution in [0.1, 0.15) is 10.5 Å². The first-order valence-electron chi connectivity index (χ1n) is 10.7. The molecule has 0 spiro atoms. The second-order valence-corrected chi connectivity index (χ2v) is 9.34. The Morgan fingerprint density at radius 3 is 2.16 bits per heavy atom. The highest BCUT2D eigenvalue weighted by Crippen LogP contribution is 2.37. The molecule has 4 rings (SSSR count). The number of hydrogen-bond donors (Lipinski definition) is 3. The number of aromatic amines is 1. The van der Waals surface area contributed by atoms with Crippen LogP contribution in [0, 0.1) is 10.1 Å². The molecule has 0 saturated heterocycles. The minimum absolute atomic E-state index is 0.0365. The first-order valence-corrected chi connectivity index (χ1v) is 12.2. The molecule has 13 heteroatoms. The van der Waals surface area contributed by atoms with Gasteiger partial charge < -0.3 is 24.5 Å². The molecule has 0 bridgehead atoms. The van der Waals surface area contributed by atoms with Crippen molar-refractivity contribution in [2.75, 3.05) is 26.6 Å². The highest BCUT2D eigenvalue weighted by molar-refractivity contribution is 7.90. The number of nitrogens with zero attached hydrogens (tertiary/aromatic N) is 1. The van der Waals surface area contributed by atoms with E-state index in [1.54, 1.807) is 18.2 Å². The number of anilines is 2. The lowest BCUT2D eigenvalue weighted by atomic mass is 10.1. The molecule has 0 aliphatic carbocycles. The van der Waals surface area contributed by atoms with Crippen molar-refractivity contribution in [1.29, 1.82) is 0 Å². The zero-order valence-corrected chi connectivity index (χ0v) is 20.7. The number of ether oxygens (including phenoxy) is 3. The maximum absolute atomic E-state index is 12.9. The van der Waals surface area contributed by atoms with Crippen LogP contribution in [0.5, 0.6) is 17.2 Å². The van der Waals surface area contributed by atoms with Crippen LogP contribution in [0.4, 0.5) is 17.1 Å². The number of non-ortho nitro benzene ring substituents is 1. The van der Waals surface area contributed by atoms with Crippen LogP contribution in [0.2, 0.25) is 0 Å². The average molecular weight is 527 g/mol. The lowest BCUT2D eigenvalue weighted by molar-refractivity contribution is -0.383. The van der Waals surface area contributed by atoms with Crippen LogP contribution in [0.15, 0.2) is 65.6 Å². The number of H-pyrrole nitrogens is 1. The summed E-state index contributed by atoms with van der Waals surface area (Å²) in [5, 5.41) is 15.1. The summed E-state index contributed by atoms with van der Waals surface area (Å²) in [4.78, 5) is 26.4. The third kappa shape index (κ3) is 5.11. The topological polar surface area (TPSA) is 162 Å². The van der Waals surface area contributed by atoms with Gasteiger partial charge >= 0.3 is 0 Å². The molecule has 1 heterocycles. The first kappa shape index (κ1) is 25.3. The summed E-state index contributed by atoms with van der Waals surface area (Å²) in [6.45, 7) is 0. The van der Waals surface area contributed by atoms with E-state index in [9.17, 15) is 23.3 Å². The number of carbonyl (C=O) groups excluding carboxylic acids is 1. The Bertz CT molecular complexity index is 1600. The van der Waals surface area contributed by atoms with E-state index >= 15 is 0 Å².